The summed E-state index contributed by atoms with van der Waals surface area (Å²) < 4.78 is 0. The van der Waals surface area contributed by atoms with Gasteiger partial charge in [0.2, 0.25) is 5.95 Å². The number of aromatic nitrogens is 2. The second-order valence-electron chi connectivity index (χ2n) is 3.65. The van der Waals surface area contributed by atoms with E-state index in [4.69, 9.17) is 11.1 Å². The van der Waals surface area contributed by atoms with Crippen molar-refractivity contribution in [3.63, 3.8) is 0 Å². The summed E-state index contributed by atoms with van der Waals surface area (Å²) in [4.78, 5) is 10.5. The zero-order valence-corrected chi connectivity index (χ0v) is 9.41. The maximum Gasteiger partial charge on any atom is 0.225 e. The third-order valence-corrected chi connectivity index (χ3v) is 2.03. The van der Waals surface area contributed by atoms with Crippen molar-refractivity contribution in [1.29, 1.82) is 5.41 Å². The molecule has 3 N–H and O–H groups in total. The third-order valence-electron chi connectivity index (χ3n) is 2.03. The average molecular weight is 207 g/mol. The fourth-order valence-corrected chi connectivity index (χ4v) is 1.27. The maximum atomic E-state index is 7.14. The Bertz CT molecular complexity index is 341. The lowest BCUT2D eigenvalue weighted by molar-refractivity contribution is 0.850. The first-order valence-corrected chi connectivity index (χ1v) is 4.85. The van der Waals surface area contributed by atoms with Gasteiger partial charge >= 0.3 is 0 Å². The standard InChI is InChI=1S/C10H17N5/c1-7-6-8(2)14-10(13-7)15(3)5-4-9(11)12/h6H,4-5H2,1-3H3,(H3,11,12). The number of rotatable bonds is 4. The van der Waals surface area contributed by atoms with Crippen molar-refractivity contribution in [2.45, 2.75) is 20.3 Å². The summed E-state index contributed by atoms with van der Waals surface area (Å²) in [5, 5.41) is 7.14. The van der Waals surface area contributed by atoms with Gasteiger partial charge < -0.3 is 10.6 Å². The molecule has 1 rings (SSSR count). The number of aryl methyl sites for hydroxylation is 2. The summed E-state index contributed by atoms with van der Waals surface area (Å²) in [6, 6.07) is 1.93. The van der Waals surface area contributed by atoms with Gasteiger partial charge in [-0.05, 0) is 19.9 Å². The summed E-state index contributed by atoms with van der Waals surface area (Å²) in [7, 11) is 1.90. The molecule has 1 heterocycles. The number of hydrogen-bond donors (Lipinski definition) is 2. The van der Waals surface area contributed by atoms with Crippen molar-refractivity contribution in [2.75, 3.05) is 18.5 Å². The predicted octanol–water partition coefficient (Wildman–Crippen LogP) is 0.856. The number of amidine groups is 1. The number of nitrogens with one attached hydrogen (secondary N) is 1. The van der Waals surface area contributed by atoms with E-state index in [0.29, 0.717) is 18.9 Å². The first kappa shape index (κ1) is 11.4. The highest BCUT2D eigenvalue weighted by Gasteiger charge is 2.05. The Morgan fingerprint density at radius 2 is 1.93 bits per heavy atom. The molecule has 0 bridgehead atoms. The van der Waals surface area contributed by atoms with Crippen LogP contribution in [0.2, 0.25) is 0 Å². The Morgan fingerprint density at radius 1 is 1.40 bits per heavy atom. The number of nitrogens with two attached hydrogens (primary N) is 1. The van der Waals surface area contributed by atoms with Crippen LogP contribution in [0.5, 0.6) is 0 Å². The molecule has 0 atom stereocenters. The molecule has 5 heteroatoms. The molecular formula is C10H17N5. The fourth-order valence-electron chi connectivity index (χ4n) is 1.27. The van der Waals surface area contributed by atoms with Crippen LogP contribution in [0.25, 0.3) is 0 Å². The first-order chi connectivity index (χ1) is 6.99. The Hall–Kier alpha value is -1.65. The molecule has 0 aromatic carbocycles. The SMILES string of the molecule is Cc1cc(C)nc(N(C)CCC(=N)N)n1. The van der Waals surface area contributed by atoms with E-state index in [1.54, 1.807) is 0 Å². The van der Waals surface area contributed by atoms with Crippen LogP contribution in [0.15, 0.2) is 6.07 Å². The van der Waals surface area contributed by atoms with Gasteiger partial charge in [-0.25, -0.2) is 9.97 Å². The normalized spacial score (nSPS) is 10.1. The summed E-state index contributed by atoms with van der Waals surface area (Å²) in [6.07, 6.45) is 0.535. The molecule has 0 unspecified atom stereocenters. The number of nitrogens with zero attached hydrogens (tertiary/aromatic N) is 3. The van der Waals surface area contributed by atoms with Crippen LogP contribution in [0.1, 0.15) is 17.8 Å². The van der Waals surface area contributed by atoms with Gasteiger partial charge in [0.05, 0.1) is 5.84 Å². The van der Waals surface area contributed by atoms with Crippen molar-refractivity contribution in [2.24, 2.45) is 5.73 Å². The first-order valence-electron chi connectivity index (χ1n) is 4.85. The van der Waals surface area contributed by atoms with E-state index in [1.807, 2.05) is 31.9 Å². The zero-order valence-electron chi connectivity index (χ0n) is 9.41. The van der Waals surface area contributed by atoms with E-state index in [9.17, 15) is 0 Å². The molecule has 5 nitrogen and oxygen atoms in total. The monoisotopic (exact) mass is 207 g/mol. The topological polar surface area (TPSA) is 78.9 Å². The van der Waals surface area contributed by atoms with Crippen molar-refractivity contribution >= 4 is 11.8 Å². The highest BCUT2D eigenvalue weighted by atomic mass is 15.2. The van der Waals surface area contributed by atoms with Crippen LogP contribution in [0.4, 0.5) is 5.95 Å². The summed E-state index contributed by atoms with van der Waals surface area (Å²) in [5.74, 6) is 0.875. The van der Waals surface area contributed by atoms with E-state index in [-0.39, 0.29) is 5.84 Å². The minimum absolute atomic E-state index is 0.186. The molecule has 0 radical (unpaired) electrons. The molecule has 15 heavy (non-hydrogen) atoms. The lowest BCUT2D eigenvalue weighted by Crippen LogP contribution is -2.25. The van der Waals surface area contributed by atoms with Gasteiger partial charge in [-0.1, -0.05) is 0 Å². The lowest BCUT2D eigenvalue weighted by atomic mass is 10.3. The maximum absolute atomic E-state index is 7.14. The number of anilines is 1. The molecule has 0 aliphatic rings. The smallest absolute Gasteiger partial charge is 0.225 e. The largest absolute Gasteiger partial charge is 0.388 e. The molecule has 0 aliphatic heterocycles. The highest BCUT2D eigenvalue weighted by molar-refractivity contribution is 5.77. The van der Waals surface area contributed by atoms with Crippen LogP contribution >= 0.6 is 0 Å². The highest BCUT2D eigenvalue weighted by Crippen LogP contribution is 2.08. The van der Waals surface area contributed by atoms with Gasteiger partial charge in [0.25, 0.3) is 0 Å². The second-order valence-corrected chi connectivity index (χ2v) is 3.65. The van der Waals surface area contributed by atoms with Gasteiger partial charge in [-0.3, -0.25) is 5.41 Å². The van der Waals surface area contributed by atoms with E-state index >= 15 is 0 Å². The van der Waals surface area contributed by atoms with Crippen LogP contribution in [0, 0.1) is 19.3 Å². The fraction of sp³-hybridized carbons (Fsp3) is 0.500. The molecule has 0 aliphatic carbocycles. The molecule has 1 aromatic rings. The second kappa shape index (κ2) is 4.72. The van der Waals surface area contributed by atoms with Crippen LogP contribution in [0.3, 0.4) is 0 Å². The zero-order chi connectivity index (χ0) is 11.4. The molecule has 0 spiro atoms. The van der Waals surface area contributed by atoms with Crippen molar-refractivity contribution < 1.29 is 0 Å². The summed E-state index contributed by atoms with van der Waals surface area (Å²) >= 11 is 0. The Balaban J connectivity index is 2.72. The lowest BCUT2D eigenvalue weighted by Gasteiger charge is -2.17. The van der Waals surface area contributed by atoms with Gasteiger partial charge in [-0.15, -0.1) is 0 Å². The quantitative estimate of drug-likeness (QED) is 0.567. The van der Waals surface area contributed by atoms with Crippen molar-refractivity contribution in [3.05, 3.63) is 17.5 Å². The minimum Gasteiger partial charge on any atom is -0.388 e. The molecule has 1 aromatic heterocycles. The van der Waals surface area contributed by atoms with E-state index in [1.165, 1.54) is 0 Å². The van der Waals surface area contributed by atoms with E-state index in [0.717, 1.165) is 11.4 Å². The van der Waals surface area contributed by atoms with Gasteiger partial charge in [-0.2, -0.15) is 0 Å². The Labute approximate surface area is 89.8 Å². The minimum atomic E-state index is 0.186. The summed E-state index contributed by atoms with van der Waals surface area (Å²) in [6.45, 7) is 4.55. The van der Waals surface area contributed by atoms with Crippen LogP contribution in [-0.4, -0.2) is 29.4 Å². The number of hydrogen-bond acceptors (Lipinski definition) is 4. The molecular weight excluding hydrogens is 190 g/mol. The summed E-state index contributed by atoms with van der Waals surface area (Å²) in [5.41, 5.74) is 7.20. The third kappa shape index (κ3) is 3.53. The molecule has 82 valence electrons. The van der Waals surface area contributed by atoms with Crippen LogP contribution < -0.4 is 10.6 Å². The predicted molar refractivity (Wildman–Crippen MR) is 61.3 cm³/mol. The molecule has 0 saturated carbocycles. The van der Waals surface area contributed by atoms with E-state index < -0.39 is 0 Å². The van der Waals surface area contributed by atoms with Gasteiger partial charge in [0.1, 0.15) is 0 Å². The van der Waals surface area contributed by atoms with Crippen molar-refractivity contribution in [1.82, 2.24) is 9.97 Å². The molecule has 0 amide bonds. The van der Waals surface area contributed by atoms with Crippen LogP contribution in [-0.2, 0) is 0 Å². The average Bonchev–Trinajstić information content (AvgIpc) is 2.12. The van der Waals surface area contributed by atoms with E-state index in [2.05, 4.69) is 9.97 Å². The van der Waals surface area contributed by atoms with Gasteiger partial charge in [0.15, 0.2) is 0 Å². The Morgan fingerprint density at radius 3 is 2.40 bits per heavy atom. The molecule has 0 saturated heterocycles. The van der Waals surface area contributed by atoms with Gasteiger partial charge in [0, 0.05) is 31.4 Å². The Kier molecular flexibility index (Phi) is 3.60. The molecule has 0 fully saturated rings. The van der Waals surface area contributed by atoms with Crippen molar-refractivity contribution in [3.8, 4) is 0 Å².